The van der Waals surface area contributed by atoms with E-state index >= 15 is 0 Å². The first kappa shape index (κ1) is 15.5. The van der Waals surface area contributed by atoms with Gasteiger partial charge in [0.15, 0.2) is 0 Å². The Morgan fingerprint density at radius 2 is 1.86 bits per heavy atom. The Balaban J connectivity index is 1.70. The Kier molecular flexibility index (Phi) is 4.81. The number of nitrogens with zero attached hydrogens (tertiary/aromatic N) is 1. The normalized spacial score (nSPS) is 23.4. The smallest absolute Gasteiger partial charge is 0.243 e. The fourth-order valence-corrected chi connectivity index (χ4v) is 4.21. The van der Waals surface area contributed by atoms with E-state index in [-0.39, 0.29) is 0 Å². The van der Waals surface area contributed by atoms with Crippen LogP contribution in [0.15, 0.2) is 41.3 Å². The number of allylic oxidation sites excluding steroid dienone is 1. The monoisotopic (exact) mass is 322 g/mol. The third-order valence-electron chi connectivity index (χ3n) is 4.07. The highest BCUT2D eigenvalue weighted by Crippen LogP contribution is 2.21. The van der Waals surface area contributed by atoms with Crippen LogP contribution in [0.1, 0.15) is 19.3 Å². The van der Waals surface area contributed by atoms with Crippen LogP contribution in [-0.4, -0.2) is 45.1 Å². The molecule has 1 heterocycles. The third kappa shape index (κ3) is 3.51. The predicted octanol–water partition coefficient (Wildman–Crippen LogP) is 2.23. The van der Waals surface area contributed by atoms with Crippen LogP contribution in [0.3, 0.4) is 0 Å². The highest BCUT2D eigenvalue weighted by atomic mass is 32.2. The van der Waals surface area contributed by atoms with E-state index in [0.717, 1.165) is 18.5 Å². The van der Waals surface area contributed by atoms with Crippen LogP contribution in [0, 0.1) is 0 Å². The molecule has 1 aromatic carbocycles. The molecule has 1 atom stereocenters. The zero-order valence-corrected chi connectivity index (χ0v) is 13.4. The minimum absolute atomic E-state index is 0.343. The van der Waals surface area contributed by atoms with Crippen molar-refractivity contribution < 1.29 is 13.2 Å². The Labute approximate surface area is 132 Å². The van der Waals surface area contributed by atoms with Crippen molar-refractivity contribution in [3.63, 3.8) is 0 Å². The van der Waals surface area contributed by atoms with Gasteiger partial charge in [-0.25, -0.2) is 8.42 Å². The summed E-state index contributed by atoms with van der Waals surface area (Å²) in [6.45, 7) is 1.78. The molecule has 6 heteroatoms. The second-order valence-electron chi connectivity index (χ2n) is 5.65. The molecule has 1 aromatic rings. The van der Waals surface area contributed by atoms with Gasteiger partial charge in [0, 0.05) is 24.8 Å². The van der Waals surface area contributed by atoms with Gasteiger partial charge < -0.3 is 10.1 Å². The van der Waals surface area contributed by atoms with E-state index in [0.29, 0.717) is 37.2 Å². The fourth-order valence-electron chi connectivity index (χ4n) is 2.81. The minimum atomic E-state index is -3.40. The largest absolute Gasteiger partial charge is 0.379 e. The van der Waals surface area contributed by atoms with Crippen molar-refractivity contribution in [2.24, 2.45) is 0 Å². The van der Waals surface area contributed by atoms with Gasteiger partial charge in [0.05, 0.1) is 18.1 Å². The first-order valence-corrected chi connectivity index (χ1v) is 9.21. The average Bonchev–Trinajstić information content (AvgIpc) is 2.57. The van der Waals surface area contributed by atoms with E-state index in [2.05, 4.69) is 17.5 Å². The summed E-state index contributed by atoms with van der Waals surface area (Å²) >= 11 is 0. The Morgan fingerprint density at radius 1 is 1.14 bits per heavy atom. The second-order valence-corrected chi connectivity index (χ2v) is 7.59. The van der Waals surface area contributed by atoms with Crippen LogP contribution in [-0.2, 0) is 14.8 Å². The minimum Gasteiger partial charge on any atom is -0.379 e. The lowest BCUT2D eigenvalue weighted by Gasteiger charge is -2.26. The van der Waals surface area contributed by atoms with Crippen molar-refractivity contribution in [1.82, 2.24) is 4.31 Å². The van der Waals surface area contributed by atoms with Crippen LogP contribution < -0.4 is 5.32 Å². The number of hydrogen-bond acceptors (Lipinski definition) is 4. The summed E-state index contributed by atoms with van der Waals surface area (Å²) in [4.78, 5) is 0.346. The Bertz CT molecular complexity index is 619. The van der Waals surface area contributed by atoms with Gasteiger partial charge in [0.1, 0.15) is 0 Å². The highest BCUT2D eigenvalue weighted by Gasteiger charge is 2.26. The van der Waals surface area contributed by atoms with Gasteiger partial charge in [-0.05, 0) is 43.5 Å². The summed E-state index contributed by atoms with van der Waals surface area (Å²) in [5, 5.41) is 3.42. The van der Waals surface area contributed by atoms with Gasteiger partial charge >= 0.3 is 0 Å². The van der Waals surface area contributed by atoms with Crippen LogP contribution in [0.2, 0.25) is 0 Å². The number of rotatable bonds is 4. The zero-order chi connectivity index (χ0) is 15.4. The molecule has 1 saturated heterocycles. The van der Waals surface area contributed by atoms with E-state index in [4.69, 9.17) is 4.74 Å². The van der Waals surface area contributed by atoms with Gasteiger partial charge in [-0.15, -0.1) is 0 Å². The van der Waals surface area contributed by atoms with Crippen molar-refractivity contribution in [2.45, 2.75) is 30.2 Å². The van der Waals surface area contributed by atoms with Gasteiger partial charge in [-0.3, -0.25) is 0 Å². The maximum Gasteiger partial charge on any atom is 0.243 e. The molecular weight excluding hydrogens is 300 g/mol. The molecule has 0 saturated carbocycles. The number of anilines is 1. The van der Waals surface area contributed by atoms with Crippen LogP contribution in [0.25, 0.3) is 0 Å². The molecule has 2 aliphatic rings. The molecule has 1 fully saturated rings. The molecule has 1 aliphatic heterocycles. The molecule has 1 unspecified atom stereocenters. The van der Waals surface area contributed by atoms with Crippen LogP contribution in [0.5, 0.6) is 0 Å². The molecule has 1 N–H and O–H groups in total. The number of benzene rings is 1. The lowest BCUT2D eigenvalue weighted by atomic mass is 10.0. The molecular formula is C16H22N2O3S. The van der Waals surface area contributed by atoms with E-state index in [1.165, 1.54) is 10.7 Å². The van der Waals surface area contributed by atoms with E-state index in [1.54, 1.807) is 12.1 Å². The number of nitrogens with one attached hydrogen (secondary N) is 1. The third-order valence-corrected chi connectivity index (χ3v) is 5.98. The van der Waals surface area contributed by atoms with Crippen molar-refractivity contribution in [1.29, 1.82) is 0 Å². The molecule has 3 rings (SSSR count). The zero-order valence-electron chi connectivity index (χ0n) is 12.6. The first-order valence-electron chi connectivity index (χ1n) is 7.77. The first-order chi connectivity index (χ1) is 10.7. The highest BCUT2D eigenvalue weighted by molar-refractivity contribution is 7.89. The second kappa shape index (κ2) is 6.81. The van der Waals surface area contributed by atoms with Crippen molar-refractivity contribution in [3.05, 3.63) is 36.4 Å². The summed E-state index contributed by atoms with van der Waals surface area (Å²) < 4.78 is 31.8. The van der Waals surface area contributed by atoms with E-state index in [1.807, 2.05) is 12.1 Å². The number of ether oxygens (including phenoxy) is 1. The van der Waals surface area contributed by atoms with Crippen LogP contribution >= 0.6 is 0 Å². The summed E-state index contributed by atoms with van der Waals surface area (Å²) in [6, 6.07) is 7.39. The van der Waals surface area contributed by atoms with Crippen LogP contribution in [0.4, 0.5) is 5.69 Å². The Morgan fingerprint density at radius 3 is 2.50 bits per heavy atom. The maximum absolute atomic E-state index is 12.5. The van der Waals surface area contributed by atoms with Gasteiger partial charge in [0.2, 0.25) is 10.0 Å². The number of hydrogen-bond donors (Lipinski definition) is 1. The summed E-state index contributed by atoms with van der Waals surface area (Å²) in [7, 11) is -3.40. The molecule has 0 spiro atoms. The SMILES string of the molecule is O=S(=O)(c1ccc(NC2C=CCCC2)cc1)N1CCOCC1. The topological polar surface area (TPSA) is 58.6 Å². The molecule has 5 nitrogen and oxygen atoms in total. The maximum atomic E-state index is 12.5. The van der Waals surface area contributed by atoms with E-state index < -0.39 is 10.0 Å². The average molecular weight is 322 g/mol. The number of morpholine rings is 1. The molecule has 0 radical (unpaired) electrons. The molecule has 120 valence electrons. The van der Waals surface area contributed by atoms with Gasteiger partial charge in [0.25, 0.3) is 0 Å². The lowest BCUT2D eigenvalue weighted by molar-refractivity contribution is 0.0730. The lowest BCUT2D eigenvalue weighted by Crippen LogP contribution is -2.40. The van der Waals surface area contributed by atoms with Crippen molar-refractivity contribution >= 4 is 15.7 Å². The number of sulfonamides is 1. The molecule has 1 aliphatic carbocycles. The summed E-state index contributed by atoms with van der Waals surface area (Å²) in [5.74, 6) is 0. The van der Waals surface area contributed by atoms with E-state index in [9.17, 15) is 8.42 Å². The standard InChI is InChI=1S/C16H22N2O3S/c19-22(20,18-10-12-21-13-11-18)16-8-6-15(7-9-16)17-14-4-2-1-3-5-14/h2,4,6-9,14,17H,1,3,5,10-13H2. The molecule has 22 heavy (non-hydrogen) atoms. The summed E-state index contributed by atoms with van der Waals surface area (Å²) in [5.41, 5.74) is 0.956. The van der Waals surface area contributed by atoms with Gasteiger partial charge in [-0.1, -0.05) is 12.2 Å². The predicted molar refractivity (Wildman–Crippen MR) is 86.4 cm³/mol. The van der Waals surface area contributed by atoms with Gasteiger partial charge in [-0.2, -0.15) is 4.31 Å². The fraction of sp³-hybridized carbons (Fsp3) is 0.500. The Hall–Kier alpha value is -1.37. The van der Waals surface area contributed by atoms with Crippen molar-refractivity contribution in [2.75, 3.05) is 31.6 Å². The molecule has 0 aromatic heterocycles. The molecule has 0 bridgehead atoms. The summed E-state index contributed by atoms with van der Waals surface area (Å²) in [6.07, 6.45) is 7.83. The quantitative estimate of drug-likeness (QED) is 0.864. The van der Waals surface area contributed by atoms with Crippen molar-refractivity contribution in [3.8, 4) is 0 Å². The molecule has 0 amide bonds.